The van der Waals surface area contributed by atoms with Crippen LogP contribution in [0.5, 0.6) is 0 Å². The quantitative estimate of drug-likeness (QED) is 0.765. The second-order valence-corrected chi connectivity index (χ2v) is 5.34. The molecule has 5 nitrogen and oxygen atoms in total. The summed E-state index contributed by atoms with van der Waals surface area (Å²) in [5.74, 6) is 1.28. The standard InChI is InChI=1S/C15H20N4O/c20-14(13-5-2-1-3-6-13)18-9-11-19(12-10-18)15-16-7-4-8-17-15/h1-2,4,7-8,13H,3,5-6,9-12H2. The topological polar surface area (TPSA) is 49.3 Å². The molecule has 1 saturated heterocycles. The van der Waals surface area contributed by atoms with Gasteiger partial charge in [-0.25, -0.2) is 9.97 Å². The first kappa shape index (κ1) is 13.1. The van der Waals surface area contributed by atoms with E-state index in [1.165, 1.54) is 0 Å². The van der Waals surface area contributed by atoms with Crippen molar-refractivity contribution in [1.82, 2.24) is 14.9 Å². The average molecular weight is 272 g/mol. The molecule has 0 N–H and O–H groups in total. The Kier molecular flexibility index (Phi) is 3.95. The maximum atomic E-state index is 12.4. The molecule has 5 heteroatoms. The monoisotopic (exact) mass is 272 g/mol. The van der Waals surface area contributed by atoms with Crippen molar-refractivity contribution >= 4 is 11.9 Å². The third-order valence-electron chi connectivity index (χ3n) is 4.04. The normalized spacial score (nSPS) is 22.9. The van der Waals surface area contributed by atoms with Crippen LogP contribution in [0.25, 0.3) is 0 Å². The summed E-state index contributed by atoms with van der Waals surface area (Å²) < 4.78 is 0. The van der Waals surface area contributed by atoms with E-state index in [1.54, 1.807) is 12.4 Å². The molecule has 1 aromatic heterocycles. The molecular formula is C15H20N4O. The zero-order chi connectivity index (χ0) is 13.8. The Morgan fingerprint density at radius 1 is 1.10 bits per heavy atom. The number of hydrogen-bond acceptors (Lipinski definition) is 4. The van der Waals surface area contributed by atoms with Gasteiger partial charge in [-0.2, -0.15) is 0 Å². The molecular weight excluding hydrogens is 252 g/mol. The first-order valence-electron chi connectivity index (χ1n) is 7.30. The molecule has 20 heavy (non-hydrogen) atoms. The van der Waals surface area contributed by atoms with Crippen molar-refractivity contribution < 1.29 is 4.79 Å². The molecule has 2 aliphatic rings. The summed E-state index contributed by atoms with van der Waals surface area (Å²) in [7, 11) is 0. The summed E-state index contributed by atoms with van der Waals surface area (Å²) in [6, 6.07) is 1.82. The minimum Gasteiger partial charge on any atom is -0.339 e. The van der Waals surface area contributed by atoms with Gasteiger partial charge in [-0.3, -0.25) is 4.79 Å². The van der Waals surface area contributed by atoms with Crippen LogP contribution in [0.4, 0.5) is 5.95 Å². The van der Waals surface area contributed by atoms with Crippen molar-refractivity contribution in [3.8, 4) is 0 Å². The molecule has 3 rings (SSSR count). The van der Waals surface area contributed by atoms with Crippen LogP contribution < -0.4 is 4.90 Å². The highest BCUT2D eigenvalue weighted by molar-refractivity contribution is 5.79. The van der Waals surface area contributed by atoms with Gasteiger partial charge in [0.25, 0.3) is 0 Å². The lowest BCUT2D eigenvalue weighted by Crippen LogP contribution is -2.50. The van der Waals surface area contributed by atoms with Crippen molar-refractivity contribution in [2.45, 2.75) is 19.3 Å². The minimum atomic E-state index is 0.194. The molecule has 1 unspecified atom stereocenters. The third-order valence-corrected chi connectivity index (χ3v) is 4.04. The van der Waals surface area contributed by atoms with Crippen molar-refractivity contribution in [3.63, 3.8) is 0 Å². The van der Waals surface area contributed by atoms with Crippen LogP contribution in [0.15, 0.2) is 30.6 Å². The summed E-state index contributed by atoms with van der Waals surface area (Å²) in [4.78, 5) is 25.1. The smallest absolute Gasteiger partial charge is 0.226 e. The van der Waals surface area contributed by atoms with Gasteiger partial charge >= 0.3 is 0 Å². The maximum absolute atomic E-state index is 12.4. The van der Waals surface area contributed by atoms with E-state index in [1.807, 2.05) is 11.0 Å². The van der Waals surface area contributed by atoms with E-state index >= 15 is 0 Å². The van der Waals surface area contributed by atoms with Gasteiger partial charge in [0.15, 0.2) is 0 Å². The number of rotatable bonds is 2. The van der Waals surface area contributed by atoms with Crippen LogP contribution >= 0.6 is 0 Å². The van der Waals surface area contributed by atoms with Gasteiger partial charge in [0.1, 0.15) is 0 Å². The number of nitrogens with zero attached hydrogens (tertiary/aromatic N) is 4. The number of aromatic nitrogens is 2. The van der Waals surface area contributed by atoms with Gasteiger partial charge in [-0.05, 0) is 25.3 Å². The molecule has 0 spiro atoms. The Balaban J connectivity index is 1.56. The van der Waals surface area contributed by atoms with Crippen LogP contribution in [0, 0.1) is 5.92 Å². The van der Waals surface area contributed by atoms with Gasteiger partial charge in [0.05, 0.1) is 0 Å². The molecule has 1 amide bonds. The molecule has 1 aromatic rings. The summed E-state index contributed by atoms with van der Waals surface area (Å²) in [5, 5.41) is 0. The van der Waals surface area contributed by atoms with Crippen LogP contribution in [-0.2, 0) is 4.79 Å². The van der Waals surface area contributed by atoms with Crippen molar-refractivity contribution in [3.05, 3.63) is 30.6 Å². The number of carbonyl (C=O) groups is 1. The van der Waals surface area contributed by atoms with Crippen LogP contribution in [-0.4, -0.2) is 47.0 Å². The van der Waals surface area contributed by atoms with E-state index in [0.29, 0.717) is 5.91 Å². The van der Waals surface area contributed by atoms with E-state index in [9.17, 15) is 4.79 Å². The first-order chi connectivity index (χ1) is 9.84. The Morgan fingerprint density at radius 3 is 2.50 bits per heavy atom. The SMILES string of the molecule is O=C(C1CC=CCC1)N1CCN(c2ncccn2)CC1. The van der Waals surface area contributed by atoms with Gasteiger partial charge in [0.2, 0.25) is 11.9 Å². The number of hydrogen-bond donors (Lipinski definition) is 0. The Bertz CT molecular complexity index is 480. The number of piperazine rings is 1. The molecule has 1 aliphatic heterocycles. The van der Waals surface area contributed by atoms with Crippen LogP contribution in [0.1, 0.15) is 19.3 Å². The number of carbonyl (C=O) groups excluding carboxylic acids is 1. The fourth-order valence-corrected chi connectivity index (χ4v) is 2.86. The number of amides is 1. The van der Waals surface area contributed by atoms with E-state index in [4.69, 9.17) is 0 Å². The fourth-order valence-electron chi connectivity index (χ4n) is 2.86. The zero-order valence-electron chi connectivity index (χ0n) is 11.6. The highest BCUT2D eigenvalue weighted by Crippen LogP contribution is 2.21. The molecule has 0 aromatic carbocycles. The predicted octanol–water partition coefficient (Wildman–Crippen LogP) is 1.48. The average Bonchev–Trinajstić information content (AvgIpc) is 2.56. The molecule has 1 atom stereocenters. The molecule has 0 saturated carbocycles. The number of anilines is 1. The summed E-state index contributed by atoms with van der Waals surface area (Å²) in [5.41, 5.74) is 0. The first-order valence-corrected chi connectivity index (χ1v) is 7.30. The summed E-state index contributed by atoms with van der Waals surface area (Å²) in [6.07, 6.45) is 10.8. The predicted molar refractivity (Wildman–Crippen MR) is 77.3 cm³/mol. The lowest BCUT2D eigenvalue weighted by atomic mass is 9.93. The highest BCUT2D eigenvalue weighted by Gasteiger charge is 2.27. The lowest BCUT2D eigenvalue weighted by molar-refractivity contribution is -0.136. The Hall–Kier alpha value is -1.91. The van der Waals surface area contributed by atoms with E-state index in [-0.39, 0.29) is 5.92 Å². The Morgan fingerprint density at radius 2 is 1.85 bits per heavy atom. The third kappa shape index (κ3) is 2.81. The largest absolute Gasteiger partial charge is 0.339 e. The minimum absolute atomic E-state index is 0.194. The van der Waals surface area contributed by atoms with Crippen LogP contribution in [0.3, 0.4) is 0 Å². The van der Waals surface area contributed by atoms with Crippen molar-refractivity contribution in [2.75, 3.05) is 31.1 Å². The highest BCUT2D eigenvalue weighted by atomic mass is 16.2. The summed E-state index contributed by atoms with van der Waals surface area (Å²) >= 11 is 0. The number of allylic oxidation sites excluding steroid dienone is 2. The van der Waals surface area contributed by atoms with Crippen molar-refractivity contribution in [2.24, 2.45) is 5.92 Å². The van der Waals surface area contributed by atoms with Gasteiger partial charge in [0, 0.05) is 44.5 Å². The lowest BCUT2D eigenvalue weighted by Gasteiger charge is -2.36. The molecule has 0 bridgehead atoms. The van der Waals surface area contributed by atoms with Gasteiger partial charge in [-0.15, -0.1) is 0 Å². The van der Waals surface area contributed by atoms with E-state index in [0.717, 1.165) is 51.4 Å². The van der Waals surface area contributed by atoms with E-state index < -0.39 is 0 Å². The summed E-state index contributed by atoms with van der Waals surface area (Å²) in [6.45, 7) is 3.19. The van der Waals surface area contributed by atoms with Crippen LogP contribution in [0.2, 0.25) is 0 Å². The zero-order valence-corrected chi connectivity index (χ0v) is 11.6. The molecule has 1 aliphatic carbocycles. The van der Waals surface area contributed by atoms with Gasteiger partial charge < -0.3 is 9.80 Å². The fraction of sp³-hybridized carbons (Fsp3) is 0.533. The second kappa shape index (κ2) is 6.03. The van der Waals surface area contributed by atoms with E-state index in [2.05, 4.69) is 27.0 Å². The molecule has 1 fully saturated rings. The second-order valence-electron chi connectivity index (χ2n) is 5.34. The molecule has 2 heterocycles. The molecule has 0 radical (unpaired) electrons. The maximum Gasteiger partial charge on any atom is 0.226 e. The molecule has 106 valence electrons. The Labute approximate surface area is 119 Å². The van der Waals surface area contributed by atoms with Gasteiger partial charge in [-0.1, -0.05) is 12.2 Å². The van der Waals surface area contributed by atoms with Crippen molar-refractivity contribution in [1.29, 1.82) is 0 Å².